The van der Waals surface area contributed by atoms with Crippen molar-refractivity contribution in [1.29, 1.82) is 0 Å². The van der Waals surface area contributed by atoms with Crippen LogP contribution in [0.5, 0.6) is 5.75 Å². The molecule has 1 heterocycles. The minimum atomic E-state index is -1.28. The molecule has 1 saturated heterocycles. The van der Waals surface area contributed by atoms with Gasteiger partial charge in [0.2, 0.25) is 5.91 Å². The third kappa shape index (κ3) is 3.95. The SMILES string of the molecule is COc1ccc(NC(=O)c2ccc(C(=O)O)cc2F)cc1N1CCCCC1=O. The number of methoxy groups -OCH3 is 1. The summed E-state index contributed by atoms with van der Waals surface area (Å²) in [6.45, 7) is 0.553. The Morgan fingerprint density at radius 3 is 2.61 bits per heavy atom. The van der Waals surface area contributed by atoms with E-state index in [1.54, 1.807) is 23.1 Å². The van der Waals surface area contributed by atoms with E-state index < -0.39 is 17.7 Å². The Morgan fingerprint density at radius 1 is 1.18 bits per heavy atom. The largest absolute Gasteiger partial charge is 0.495 e. The van der Waals surface area contributed by atoms with Gasteiger partial charge in [0, 0.05) is 18.7 Å². The molecule has 8 heteroatoms. The summed E-state index contributed by atoms with van der Waals surface area (Å²) in [7, 11) is 1.49. The molecule has 0 aromatic heterocycles. The molecule has 3 rings (SSSR count). The Bertz CT molecular complexity index is 944. The third-order valence-corrected chi connectivity index (χ3v) is 4.51. The second-order valence-electron chi connectivity index (χ2n) is 6.34. The molecule has 2 aromatic carbocycles. The molecular weight excluding hydrogens is 367 g/mol. The molecule has 1 aliphatic rings. The van der Waals surface area contributed by atoms with Crippen molar-refractivity contribution in [2.24, 2.45) is 0 Å². The fourth-order valence-corrected chi connectivity index (χ4v) is 3.07. The van der Waals surface area contributed by atoms with E-state index in [-0.39, 0.29) is 17.0 Å². The summed E-state index contributed by atoms with van der Waals surface area (Å²) in [5.41, 5.74) is 0.369. The molecule has 2 amide bonds. The zero-order chi connectivity index (χ0) is 20.3. The molecule has 7 nitrogen and oxygen atoms in total. The van der Waals surface area contributed by atoms with Gasteiger partial charge in [0.05, 0.1) is 23.9 Å². The van der Waals surface area contributed by atoms with E-state index in [4.69, 9.17) is 9.84 Å². The molecule has 0 aliphatic carbocycles. The Kier molecular flexibility index (Phi) is 5.58. The summed E-state index contributed by atoms with van der Waals surface area (Å²) < 4.78 is 19.4. The van der Waals surface area contributed by atoms with Crippen LogP contribution < -0.4 is 15.0 Å². The van der Waals surface area contributed by atoms with E-state index in [0.717, 1.165) is 31.0 Å². The van der Waals surface area contributed by atoms with Crippen molar-refractivity contribution in [3.05, 3.63) is 53.3 Å². The Labute approximate surface area is 160 Å². The summed E-state index contributed by atoms with van der Waals surface area (Å²) in [4.78, 5) is 37.1. The number of carboxylic acids is 1. The summed E-state index contributed by atoms with van der Waals surface area (Å²) in [5, 5.41) is 11.5. The number of hydrogen-bond donors (Lipinski definition) is 2. The highest BCUT2D eigenvalue weighted by Crippen LogP contribution is 2.33. The fraction of sp³-hybridized carbons (Fsp3) is 0.250. The van der Waals surface area contributed by atoms with Crippen LogP contribution in [0.3, 0.4) is 0 Å². The summed E-state index contributed by atoms with van der Waals surface area (Å²) in [6, 6.07) is 7.88. The van der Waals surface area contributed by atoms with Crippen LogP contribution in [0, 0.1) is 5.82 Å². The van der Waals surface area contributed by atoms with Gasteiger partial charge < -0.3 is 20.1 Å². The molecule has 0 bridgehead atoms. The van der Waals surface area contributed by atoms with Crippen molar-refractivity contribution < 1.29 is 28.6 Å². The normalized spacial score (nSPS) is 13.9. The predicted molar refractivity (Wildman–Crippen MR) is 101 cm³/mol. The molecule has 0 atom stereocenters. The average Bonchev–Trinajstić information content (AvgIpc) is 2.68. The van der Waals surface area contributed by atoms with Gasteiger partial charge in [0.25, 0.3) is 5.91 Å². The van der Waals surface area contributed by atoms with Gasteiger partial charge in [-0.1, -0.05) is 0 Å². The van der Waals surface area contributed by atoms with Crippen molar-refractivity contribution in [3.63, 3.8) is 0 Å². The molecular formula is C20H19FN2O5. The van der Waals surface area contributed by atoms with E-state index in [9.17, 15) is 18.8 Å². The number of anilines is 2. The van der Waals surface area contributed by atoms with Gasteiger partial charge in [0.15, 0.2) is 0 Å². The maximum Gasteiger partial charge on any atom is 0.335 e. The number of carboxylic acid groups (broad SMARTS) is 1. The molecule has 2 N–H and O–H groups in total. The summed E-state index contributed by atoms with van der Waals surface area (Å²) in [6.07, 6.45) is 2.15. The highest BCUT2D eigenvalue weighted by atomic mass is 19.1. The smallest absolute Gasteiger partial charge is 0.335 e. The number of ether oxygens (including phenoxy) is 1. The molecule has 28 heavy (non-hydrogen) atoms. The second-order valence-corrected chi connectivity index (χ2v) is 6.34. The van der Waals surface area contributed by atoms with Crippen LogP contribution >= 0.6 is 0 Å². The predicted octanol–water partition coefficient (Wildman–Crippen LogP) is 3.30. The van der Waals surface area contributed by atoms with Crippen LogP contribution in [-0.2, 0) is 4.79 Å². The first-order valence-electron chi connectivity index (χ1n) is 8.73. The van der Waals surface area contributed by atoms with Crippen molar-refractivity contribution in [1.82, 2.24) is 0 Å². The lowest BCUT2D eigenvalue weighted by Crippen LogP contribution is -2.35. The van der Waals surface area contributed by atoms with Gasteiger partial charge in [-0.25, -0.2) is 9.18 Å². The number of halogens is 1. The first-order valence-corrected chi connectivity index (χ1v) is 8.73. The highest BCUT2D eigenvalue weighted by molar-refractivity contribution is 6.05. The Hall–Kier alpha value is -3.42. The average molecular weight is 386 g/mol. The molecule has 1 aliphatic heterocycles. The van der Waals surface area contributed by atoms with Gasteiger partial charge in [-0.15, -0.1) is 0 Å². The van der Waals surface area contributed by atoms with Crippen molar-refractivity contribution >= 4 is 29.2 Å². The minimum absolute atomic E-state index is 0.0247. The van der Waals surface area contributed by atoms with Crippen LogP contribution in [0.1, 0.15) is 40.0 Å². The number of carbonyl (C=O) groups is 3. The van der Waals surface area contributed by atoms with E-state index in [1.807, 2.05) is 0 Å². The lowest BCUT2D eigenvalue weighted by Gasteiger charge is -2.28. The van der Waals surface area contributed by atoms with Gasteiger partial charge >= 0.3 is 5.97 Å². The first kappa shape index (κ1) is 19.3. The molecule has 0 unspecified atom stereocenters. The van der Waals surface area contributed by atoms with Crippen molar-refractivity contribution in [2.75, 3.05) is 23.9 Å². The van der Waals surface area contributed by atoms with E-state index >= 15 is 0 Å². The van der Waals surface area contributed by atoms with Crippen LogP contribution in [0.15, 0.2) is 36.4 Å². The van der Waals surface area contributed by atoms with Crippen molar-refractivity contribution in [3.8, 4) is 5.75 Å². The molecule has 0 radical (unpaired) electrons. The first-order chi connectivity index (χ1) is 13.4. The molecule has 1 fully saturated rings. The second kappa shape index (κ2) is 8.08. The van der Waals surface area contributed by atoms with Crippen LogP contribution in [0.25, 0.3) is 0 Å². The van der Waals surface area contributed by atoms with Gasteiger partial charge in [-0.3, -0.25) is 9.59 Å². The molecule has 0 spiro atoms. The minimum Gasteiger partial charge on any atom is -0.495 e. The standard InChI is InChI=1S/C20H19FN2O5/c1-28-17-8-6-13(11-16(17)23-9-3-2-4-18(23)24)22-19(25)14-7-5-12(20(26)27)10-15(14)21/h5-8,10-11H,2-4,9H2,1H3,(H,22,25)(H,26,27). The number of rotatable bonds is 5. The number of hydrogen-bond acceptors (Lipinski definition) is 4. The van der Waals surface area contributed by atoms with Crippen LogP contribution in [-0.4, -0.2) is 36.5 Å². The van der Waals surface area contributed by atoms with E-state index in [1.165, 1.54) is 7.11 Å². The zero-order valence-corrected chi connectivity index (χ0v) is 15.2. The van der Waals surface area contributed by atoms with Gasteiger partial charge in [0.1, 0.15) is 11.6 Å². The van der Waals surface area contributed by atoms with E-state index in [0.29, 0.717) is 30.1 Å². The quantitative estimate of drug-likeness (QED) is 0.822. The molecule has 146 valence electrons. The topological polar surface area (TPSA) is 95.9 Å². The van der Waals surface area contributed by atoms with Crippen molar-refractivity contribution in [2.45, 2.75) is 19.3 Å². The number of carbonyl (C=O) groups excluding carboxylic acids is 2. The van der Waals surface area contributed by atoms with Gasteiger partial charge in [-0.2, -0.15) is 0 Å². The Morgan fingerprint density at radius 2 is 1.96 bits per heavy atom. The van der Waals surface area contributed by atoms with E-state index in [2.05, 4.69) is 5.32 Å². The number of piperidine rings is 1. The van der Waals surface area contributed by atoms with Gasteiger partial charge in [-0.05, 0) is 49.2 Å². The highest BCUT2D eigenvalue weighted by Gasteiger charge is 2.23. The fourth-order valence-electron chi connectivity index (χ4n) is 3.07. The maximum absolute atomic E-state index is 14.1. The maximum atomic E-state index is 14.1. The number of amides is 2. The number of nitrogens with zero attached hydrogens (tertiary/aromatic N) is 1. The van der Waals surface area contributed by atoms with Crippen LogP contribution in [0.4, 0.5) is 15.8 Å². The Balaban J connectivity index is 1.86. The molecule has 0 saturated carbocycles. The summed E-state index contributed by atoms with van der Waals surface area (Å²) in [5.74, 6) is -2.47. The lowest BCUT2D eigenvalue weighted by atomic mass is 10.1. The zero-order valence-electron chi connectivity index (χ0n) is 15.2. The monoisotopic (exact) mass is 386 g/mol. The number of nitrogens with one attached hydrogen (secondary N) is 1. The van der Waals surface area contributed by atoms with Crippen LogP contribution in [0.2, 0.25) is 0 Å². The molecule has 2 aromatic rings. The summed E-state index contributed by atoms with van der Waals surface area (Å²) >= 11 is 0. The lowest BCUT2D eigenvalue weighted by molar-refractivity contribution is -0.119. The third-order valence-electron chi connectivity index (χ3n) is 4.51. The number of aromatic carboxylic acids is 1. The number of benzene rings is 2.